The first-order valence-electron chi connectivity index (χ1n) is 11.5. The van der Waals surface area contributed by atoms with Crippen LogP contribution in [-0.4, -0.2) is 46.9 Å². The van der Waals surface area contributed by atoms with Crippen molar-refractivity contribution < 1.29 is 14.3 Å². The minimum absolute atomic E-state index is 0.165. The molecule has 4 rings (SSSR count). The predicted octanol–water partition coefficient (Wildman–Crippen LogP) is 5.36. The number of hydrazone groups is 1. The van der Waals surface area contributed by atoms with Crippen molar-refractivity contribution in [1.29, 1.82) is 0 Å². The van der Waals surface area contributed by atoms with Gasteiger partial charge in [-0.25, -0.2) is 5.43 Å². The number of rotatable bonds is 9. The lowest BCUT2D eigenvalue weighted by Crippen LogP contribution is -2.20. The van der Waals surface area contributed by atoms with Crippen LogP contribution in [0.25, 0.3) is 11.4 Å². The molecule has 2 aromatic carbocycles. The number of nitrogens with one attached hydrogen (secondary N) is 1. The maximum absolute atomic E-state index is 12.5. The maximum atomic E-state index is 12.5. The zero-order chi connectivity index (χ0) is 24.6. The van der Waals surface area contributed by atoms with Gasteiger partial charge in [-0.05, 0) is 49.2 Å². The summed E-state index contributed by atoms with van der Waals surface area (Å²) in [4.78, 5) is 12.5. The zero-order valence-corrected chi connectivity index (χ0v) is 21.3. The number of carbonyl (C=O) groups excluding carboxylic acids is 1. The number of hydrogen-bond acceptors (Lipinski definition) is 7. The van der Waals surface area contributed by atoms with Gasteiger partial charge in [0.1, 0.15) is 0 Å². The Morgan fingerprint density at radius 1 is 1.14 bits per heavy atom. The number of halogens is 1. The van der Waals surface area contributed by atoms with Crippen LogP contribution in [0, 0.1) is 0 Å². The Kier molecular flexibility index (Phi) is 8.65. The Bertz CT molecular complexity index is 1180. The highest BCUT2D eigenvalue weighted by Gasteiger charge is 2.24. The molecule has 1 aliphatic rings. The molecule has 3 aromatic rings. The van der Waals surface area contributed by atoms with Gasteiger partial charge in [0.25, 0.3) is 5.91 Å². The quantitative estimate of drug-likeness (QED) is 0.235. The van der Waals surface area contributed by atoms with Crippen LogP contribution in [0.4, 0.5) is 0 Å². The van der Waals surface area contributed by atoms with E-state index in [1.807, 2.05) is 36.4 Å². The molecule has 0 radical (unpaired) electrons. The molecule has 1 aliphatic carbocycles. The van der Waals surface area contributed by atoms with Crippen LogP contribution in [0.15, 0.2) is 52.7 Å². The molecule has 1 saturated carbocycles. The first-order chi connectivity index (χ1) is 17.1. The number of amides is 1. The molecule has 0 aliphatic heterocycles. The molecule has 8 nitrogen and oxygen atoms in total. The van der Waals surface area contributed by atoms with Crippen molar-refractivity contribution in [3.8, 4) is 22.9 Å². The molecule has 1 fully saturated rings. The van der Waals surface area contributed by atoms with Crippen molar-refractivity contribution in [2.75, 3.05) is 20.0 Å². The number of ether oxygens (including phenoxy) is 2. The van der Waals surface area contributed by atoms with Crippen molar-refractivity contribution in [1.82, 2.24) is 20.2 Å². The Morgan fingerprint density at radius 2 is 1.91 bits per heavy atom. The van der Waals surface area contributed by atoms with Crippen LogP contribution >= 0.6 is 23.4 Å². The fourth-order valence-corrected chi connectivity index (χ4v) is 5.11. The van der Waals surface area contributed by atoms with E-state index in [0.717, 1.165) is 29.4 Å². The number of benzene rings is 2. The lowest BCUT2D eigenvalue weighted by Gasteiger charge is -2.25. The Hall–Kier alpha value is -3.04. The number of para-hydroxylation sites is 1. The van der Waals surface area contributed by atoms with Crippen LogP contribution in [0.3, 0.4) is 0 Å². The van der Waals surface area contributed by atoms with Gasteiger partial charge in [-0.2, -0.15) is 5.10 Å². The van der Waals surface area contributed by atoms with Gasteiger partial charge in [0.2, 0.25) is 0 Å². The average Bonchev–Trinajstić information content (AvgIpc) is 3.32. The average molecular weight is 514 g/mol. The Balaban J connectivity index is 1.45. The highest BCUT2D eigenvalue weighted by Crippen LogP contribution is 2.36. The Labute approximate surface area is 214 Å². The molecule has 184 valence electrons. The number of nitrogens with zero attached hydrogens (tertiary/aromatic N) is 4. The standard InChI is InChI=1S/C25H28ClN5O3S/c1-33-21-10-6-7-18(23(21)34-2)15-27-28-22(32)16-35-25-30-29-24(17-11-13-19(26)14-12-17)31(25)20-8-4-3-5-9-20/h6-7,10-15,20H,3-5,8-9,16H2,1-2H3,(H,28,32)/b27-15+. The zero-order valence-electron chi connectivity index (χ0n) is 19.7. The van der Waals surface area contributed by atoms with E-state index >= 15 is 0 Å². The minimum Gasteiger partial charge on any atom is -0.493 e. The highest BCUT2D eigenvalue weighted by molar-refractivity contribution is 7.99. The fraction of sp³-hybridized carbons (Fsp3) is 0.360. The van der Waals surface area contributed by atoms with Crippen LogP contribution in [0.1, 0.15) is 43.7 Å². The number of carbonyl (C=O) groups is 1. The molecule has 0 saturated heterocycles. The van der Waals surface area contributed by atoms with E-state index in [1.54, 1.807) is 20.3 Å². The van der Waals surface area contributed by atoms with E-state index < -0.39 is 0 Å². The third kappa shape index (κ3) is 6.15. The largest absolute Gasteiger partial charge is 0.493 e. The molecule has 0 unspecified atom stereocenters. The second-order valence-electron chi connectivity index (χ2n) is 8.14. The molecular formula is C25H28ClN5O3S. The molecule has 0 atom stereocenters. The molecule has 35 heavy (non-hydrogen) atoms. The van der Waals surface area contributed by atoms with Gasteiger partial charge in [-0.1, -0.05) is 48.7 Å². The second-order valence-corrected chi connectivity index (χ2v) is 9.52. The van der Waals surface area contributed by atoms with Crippen LogP contribution in [0.2, 0.25) is 5.02 Å². The van der Waals surface area contributed by atoms with Gasteiger partial charge in [0.05, 0.1) is 26.2 Å². The van der Waals surface area contributed by atoms with Crippen LogP contribution in [-0.2, 0) is 4.79 Å². The van der Waals surface area contributed by atoms with Crippen LogP contribution in [0.5, 0.6) is 11.5 Å². The summed E-state index contributed by atoms with van der Waals surface area (Å²) < 4.78 is 12.9. The van der Waals surface area contributed by atoms with Crippen molar-refractivity contribution in [2.45, 2.75) is 43.3 Å². The van der Waals surface area contributed by atoms with Crippen molar-refractivity contribution in [3.63, 3.8) is 0 Å². The summed E-state index contributed by atoms with van der Waals surface area (Å²) in [6.45, 7) is 0. The molecule has 1 amide bonds. The lowest BCUT2D eigenvalue weighted by atomic mass is 9.95. The molecule has 1 N–H and O–H groups in total. The van der Waals surface area contributed by atoms with E-state index in [2.05, 4.69) is 25.3 Å². The normalized spacial score (nSPS) is 14.3. The number of methoxy groups -OCH3 is 2. The number of aromatic nitrogens is 3. The van der Waals surface area contributed by atoms with E-state index in [4.69, 9.17) is 21.1 Å². The summed E-state index contributed by atoms with van der Waals surface area (Å²) in [5.74, 6) is 1.88. The van der Waals surface area contributed by atoms with Gasteiger partial charge < -0.3 is 9.47 Å². The number of hydrogen-bond donors (Lipinski definition) is 1. The monoisotopic (exact) mass is 513 g/mol. The molecular weight excluding hydrogens is 486 g/mol. The van der Waals surface area contributed by atoms with Crippen LogP contribution < -0.4 is 14.9 Å². The third-order valence-electron chi connectivity index (χ3n) is 5.87. The summed E-state index contributed by atoms with van der Waals surface area (Å²) in [6, 6.07) is 13.4. The van der Waals surface area contributed by atoms with Crippen molar-refractivity contribution in [2.24, 2.45) is 5.10 Å². The van der Waals surface area contributed by atoms with E-state index in [1.165, 1.54) is 37.2 Å². The van der Waals surface area contributed by atoms with Gasteiger partial charge in [-0.15, -0.1) is 10.2 Å². The minimum atomic E-state index is -0.237. The van der Waals surface area contributed by atoms with Crippen molar-refractivity contribution >= 4 is 35.5 Å². The summed E-state index contributed by atoms with van der Waals surface area (Å²) >= 11 is 7.43. The first kappa shape index (κ1) is 25.1. The number of thioether (sulfide) groups is 1. The molecule has 10 heteroatoms. The second kappa shape index (κ2) is 12.1. The van der Waals surface area contributed by atoms with Gasteiger partial charge in [0, 0.05) is 22.2 Å². The topological polar surface area (TPSA) is 90.6 Å². The molecule has 0 bridgehead atoms. The third-order valence-corrected chi connectivity index (χ3v) is 7.06. The lowest BCUT2D eigenvalue weighted by molar-refractivity contribution is -0.118. The van der Waals surface area contributed by atoms with Gasteiger partial charge >= 0.3 is 0 Å². The Morgan fingerprint density at radius 3 is 2.63 bits per heavy atom. The molecule has 1 aromatic heterocycles. The van der Waals surface area contributed by atoms with E-state index in [9.17, 15) is 4.79 Å². The highest BCUT2D eigenvalue weighted by atomic mass is 35.5. The van der Waals surface area contributed by atoms with E-state index in [-0.39, 0.29) is 11.7 Å². The fourth-order valence-electron chi connectivity index (χ4n) is 4.19. The van der Waals surface area contributed by atoms with Gasteiger partial charge in [0.15, 0.2) is 22.5 Å². The van der Waals surface area contributed by atoms with Crippen molar-refractivity contribution in [3.05, 3.63) is 53.1 Å². The van der Waals surface area contributed by atoms with E-state index in [0.29, 0.717) is 28.1 Å². The summed E-state index contributed by atoms with van der Waals surface area (Å²) in [6.07, 6.45) is 7.28. The molecule has 1 heterocycles. The maximum Gasteiger partial charge on any atom is 0.250 e. The summed E-state index contributed by atoms with van der Waals surface area (Å²) in [5.41, 5.74) is 4.23. The summed E-state index contributed by atoms with van der Waals surface area (Å²) in [7, 11) is 3.13. The smallest absolute Gasteiger partial charge is 0.250 e. The van der Waals surface area contributed by atoms with Gasteiger partial charge in [-0.3, -0.25) is 9.36 Å². The predicted molar refractivity (Wildman–Crippen MR) is 139 cm³/mol. The molecule has 0 spiro atoms. The SMILES string of the molecule is COc1cccc(/C=N/NC(=O)CSc2nnc(-c3ccc(Cl)cc3)n2C2CCCCC2)c1OC. The first-order valence-corrected chi connectivity index (χ1v) is 12.8. The summed E-state index contributed by atoms with van der Waals surface area (Å²) in [5, 5.41) is 14.4.